The number of rotatable bonds is 8. The SMILES string of the molecule is Cc1ccccc1-c1ccccc1Nc1ccc(N(c2ccc(-n3c4ccccc4c4ccccc43)cc2)c2ccc(-n3c4ccccc4c4ccccc43)cc2)cc1. The molecule has 0 spiro atoms. The summed E-state index contributed by atoms with van der Waals surface area (Å²) in [5.41, 5.74) is 16.0. The maximum absolute atomic E-state index is 3.72. The number of benzene rings is 9. The van der Waals surface area contributed by atoms with Gasteiger partial charge in [-0.05, 0) is 121 Å². The standard InChI is InChI=1S/C55H40N4/c1-38-14-2-3-15-45(38)46-16-4-9-21-51(46)56-39-26-28-40(29-27-39)57(41-30-34-43(35-31-41)58-52-22-10-5-17-47(52)48-18-6-11-23-53(48)58)42-32-36-44(37-33-42)59-54-24-12-7-19-49(54)50-20-8-13-25-55(50)59/h2-37,56H,1H3. The molecule has 0 saturated carbocycles. The van der Waals surface area contributed by atoms with Gasteiger partial charge in [0.05, 0.1) is 22.1 Å². The summed E-state index contributed by atoms with van der Waals surface area (Å²) in [5.74, 6) is 0. The minimum atomic E-state index is 1.03. The second kappa shape index (κ2) is 14.3. The summed E-state index contributed by atoms with van der Waals surface area (Å²) in [7, 11) is 0. The van der Waals surface area contributed by atoms with Gasteiger partial charge in [0.25, 0.3) is 0 Å². The van der Waals surface area contributed by atoms with E-state index in [1.807, 2.05) is 0 Å². The first kappa shape index (κ1) is 34.4. The molecule has 0 atom stereocenters. The van der Waals surface area contributed by atoms with E-state index in [1.165, 1.54) is 60.3 Å². The molecule has 0 unspecified atom stereocenters. The van der Waals surface area contributed by atoms with Crippen molar-refractivity contribution in [3.63, 3.8) is 0 Å². The van der Waals surface area contributed by atoms with Gasteiger partial charge in [-0.15, -0.1) is 0 Å². The van der Waals surface area contributed by atoms with Crippen LogP contribution in [0.25, 0.3) is 66.1 Å². The van der Waals surface area contributed by atoms with E-state index in [4.69, 9.17) is 0 Å². The lowest BCUT2D eigenvalue weighted by atomic mass is 9.99. The van der Waals surface area contributed by atoms with E-state index in [2.05, 4.69) is 245 Å². The fourth-order valence-electron chi connectivity index (χ4n) is 8.90. The Morgan fingerprint density at radius 3 is 1.14 bits per heavy atom. The predicted molar refractivity (Wildman–Crippen MR) is 250 cm³/mol. The Kier molecular flexibility index (Phi) is 8.34. The molecule has 0 radical (unpaired) electrons. The van der Waals surface area contributed by atoms with Crippen molar-refractivity contribution in [1.82, 2.24) is 9.13 Å². The van der Waals surface area contributed by atoms with Crippen molar-refractivity contribution in [3.05, 3.63) is 224 Å². The van der Waals surface area contributed by atoms with Gasteiger partial charge in [0.2, 0.25) is 0 Å². The Morgan fingerprint density at radius 1 is 0.339 bits per heavy atom. The van der Waals surface area contributed by atoms with E-state index < -0.39 is 0 Å². The van der Waals surface area contributed by atoms with Crippen LogP contribution < -0.4 is 10.2 Å². The fraction of sp³-hybridized carbons (Fsp3) is 0.0182. The number of anilines is 5. The number of hydrogen-bond acceptors (Lipinski definition) is 2. The van der Waals surface area contributed by atoms with E-state index in [1.54, 1.807) is 0 Å². The van der Waals surface area contributed by atoms with Crippen LogP contribution in [-0.4, -0.2) is 9.13 Å². The van der Waals surface area contributed by atoms with Crippen molar-refractivity contribution in [1.29, 1.82) is 0 Å². The highest BCUT2D eigenvalue weighted by Gasteiger charge is 2.17. The summed E-state index contributed by atoms with van der Waals surface area (Å²) in [5, 5.41) is 8.75. The number of nitrogens with zero attached hydrogens (tertiary/aromatic N) is 3. The summed E-state index contributed by atoms with van der Waals surface area (Å²) >= 11 is 0. The van der Waals surface area contributed by atoms with Gasteiger partial charge in [0.1, 0.15) is 0 Å². The second-order valence-electron chi connectivity index (χ2n) is 15.1. The van der Waals surface area contributed by atoms with Crippen LogP contribution in [0.5, 0.6) is 0 Å². The third kappa shape index (κ3) is 5.93. The van der Waals surface area contributed by atoms with Crippen LogP contribution >= 0.6 is 0 Å². The topological polar surface area (TPSA) is 25.1 Å². The van der Waals surface area contributed by atoms with Gasteiger partial charge in [-0.1, -0.05) is 115 Å². The molecule has 0 aliphatic heterocycles. The molecule has 11 aromatic rings. The van der Waals surface area contributed by atoms with Crippen LogP contribution in [0.3, 0.4) is 0 Å². The lowest BCUT2D eigenvalue weighted by Crippen LogP contribution is -2.10. The molecule has 0 amide bonds. The largest absolute Gasteiger partial charge is 0.355 e. The molecule has 0 aliphatic carbocycles. The van der Waals surface area contributed by atoms with Crippen LogP contribution in [-0.2, 0) is 0 Å². The number of aryl methyl sites for hydroxylation is 1. The van der Waals surface area contributed by atoms with Crippen molar-refractivity contribution in [2.45, 2.75) is 6.92 Å². The third-order valence-electron chi connectivity index (χ3n) is 11.7. The number of nitrogens with one attached hydrogen (secondary N) is 1. The first-order valence-corrected chi connectivity index (χ1v) is 20.2. The zero-order chi connectivity index (χ0) is 39.3. The van der Waals surface area contributed by atoms with E-state index in [-0.39, 0.29) is 0 Å². The molecular formula is C55H40N4. The smallest absolute Gasteiger partial charge is 0.0541 e. The van der Waals surface area contributed by atoms with Gasteiger partial charge in [0.15, 0.2) is 0 Å². The highest BCUT2D eigenvalue weighted by Crippen LogP contribution is 2.40. The van der Waals surface area contributed by atoms with Gasteiger partial charge < -0.3 is 19.4 Å². The highest BCUT2D eigenvalue weighted by atomic mass is 15.1. The van der Waals surface area contributed by atoms with E-state index >= 15 is 0 Å². The summed E-state index contributed by atoms with van der Waals surface area (Å²) in [4.78, 5) is 2.34. The Morgan fingerprint density at radius 2 is 0.695 bits per heavy atom. The molecule has 2 aromatic heterocycles. The molecular weight excluding hydrogens is 717 g/mol. The van der Waals surface area contributed by atoms with E-state index in [9.17, 15) is 0 Å². The average Bonchev–Trinajstić information content (AvgIpc) is 3.81. The summed E-state index contributed by atoms with van der Waals surface area (Å²) in [6, 6.07) is 78.5. The minimum Gasteiger partial charge on any atom is -0.355 e. The predicted octanol–water partition coefficient (Wildman–Crippen LogP) is 15.1. The van der Waals surface area contributed by atoms with Gasteiger partial charge >= 0.3 is 0 Å². The first-order chi connectivity index (χ1) is 29.2. The molecule has 59 heavy (non-hydrogen) atoms. The van der Waals surface area contributed by atoms with Crippen LogP contribution in [0.1, 0.15) is 5.56 Å². The normalized spacial score (nSPS) is 11.5. The molecule has 1 N–H and O–H groups in total. The minimum absolute atomic E-state index is 1.03. The van der Waals surface area contributed by atoms with Crippen molar-refractivity contribution in [2.24, 2.45) is 0 Å². The van der Waals surface area contributed by atoms with Crippen molar-refractivity contribution >= 4 is 72.0 Å². The monoisotopic (exact) mass is 756 g/mol. The van der Waals surface area contributed by atoms with Gasteiger partial charge in [-0.3, -0.25) is 0 Å². The molecule has 11 rings (SSSR count). The quantitative estimate of drug-likeness (QED) is 0.167. The molecule has 4 heteroatoms. The zero-order valence-corrected chi connectivity index (χ0v) is 32.6. The average molecular weight is 757 g/mol. The van der Waals surface area contributed by atoms with Crippen LogP contribution in [0.2, 0.25) is 0 Å². The lowest BCUT2D eigenvalue weighted by Gasteiger charge is -2.26. The third-order valence-corrected chi connectivity index (χ3v) is 11.7. The molecule has 0 bridgehead atoms. The maximum Gasteiger partial charge on any atom is 0.0541 e. The van der Waals surface area contributed by atoms with Crippen LogP contribution in [0.15, 0.2) is 218 Å². The Bertz CT molecular complexity index is 3030. The van der Waals surface area contributed by atoms with Crippen molar-refractivity contribution in [3.8, 4) is 22.5 Å². The number of hydrogen-bond donors (Lipinski definition) is 1. The summed E-state index contributed by atoms with van der Waals surface area (Å²) < 4.78 is 4.74. The number of fused-ring (bicyclic) bond motifs is 6. The Labute approximate surface area is 343 Å². The molecule has 0 saturated heterocycles. The second-order valence-corrected chi connectivity index (χ2v) is 15.1. The number of para-hydroxylation sites is 5. The Hall–Kier alpha value is -7.82. The van der Waals surface area contributed by atoms with E-state index in [0.29, 0.717) is 0 Å². The molecule has 9 aromatic carbocycles. The molecule has 2 heterocycles. The van der Waals surface area contributed by atoms with Crippen molar-refractivity contribution < 1.29 is 0 Å². The van der Waals surface area contributed by atoms with E-state index in [0.717, 1.165) is 39.8 Å². The molecule has 0 fully saturated rings. The molecule has 0 aliphatic rings. The summed E-state index contributed by atoms with van der Waals surface area (Å²) in [6.07, 6.45) is 0. The highest BCUT2D eigenvalue weighted by molar-refractivity contribution is 6.10. The summed E-state index contributed by atoms with van der Waals surface area (Å²) in [6.45, 7) is 2.17. The van der Waals surface area contributed by atoms with Crippen LogP contribution in [0, 0.1) is 6.92 Å². The molecule has 280 valence electrons. The zero-order valence-electron chi connectivity index (χ0n) is 32.6. The lowest BCUT2D eigenvalue weighted by molar-refractivity contribution is 1.17. The van der Waals surface area contributed by atoms with Gasteiger partial charge in [-0.25, -0.2) is 0 Å². The first-order valence-electron chi connectivity index (χ1n) is 20.2. The van der Waals surface area contributed by atoms with Crippen LogP contribution in [0.4, 0.5) is 28.4 Å². The maximum atomic E-state index is 3.72. The fourth-order valence-corrected chi connectivity index (χ4v) is 8.90. The van der Waals surface area contributed by atoms with Crippen molar-refractivity contribution in [2.75, 3.05) is 10.2 Å². The number of aromatic nitrogens is 2. The van der Waals surface area contributed by atoms with Gasteiger partial charge in [0, 0.05) is 66.9 Å². The Balaban J connectivity index is 0.995. The van der Waals surface area contributed by atoms with Gasteiger partial charge in [-0.2, -0.15) is 0 Å². The molecule has 4 nitrogen and oxygen atoms in total.